The molecule has 0 amide bonds. The van der Waals surface area contributed by atoms with Gasteiger partial charge in [-0.15, -0.1) is 0 Å². The molecule has 9 heteroatoms. The summed E-state index contributed by atoms with van der Waals surface area (Å²) < 4.78 is 11.8. The highest BCUT2D eigenvalue weighted by Crippen LogP contribution is 2.28. The summed E-state index contributed by atoms with van der Waals surface area (Å²) in [4.78, 5) is 37.9. The average Bonchev–Trinajstić information content (AvgIpc) is 3.15. The quantitative estimate of drug-likeness (QED) is 0.151. The van der Waals surface area contributed by atoms with E-state index in [9.17, 15) is 24.6 Å². The number of allylic oxidation sites excluding steroid dienone is 2. The summed E-state index contributed by atoms with van der Waals surface area (Å²) in [5.74, 6) is -0.386. The summed E-state index contributed by atoms with van der Waals surface area (Å²) in [6, 6.07) is 0. The Hall–Kier alpha value is -2.23. The number of rotatable bonds is 18. The van der Waals surface area contributed by atoms with E-state index in [0.29, 0.717) is 0 Å². The Morgan fingerprint density at radius 1 is 0.973 bits per heavy atom. The van der Waals surface area contributed by atoms with Gasteiger partial charge in [0.05, 0.1) is 0 Å². The molecular formula is C28H46N2O7. The number of ether oxygens (including phenoxy) is 2. The monoisotopic (exact) mass is 522 g/mol. The van der Waals surface area contributed by atoms with Crippen molar-refractivity contribution in [3.8, 4) is 0 Å². The molecule has 1 aromatic rings. The van der Waals surface area contributed by atoms with Gasteiger partial charge in [0.15, 0.2) is 6.23 Å². The number of hydrogen-bond donors (Lipinski definition) is 3. The van der Waals surface area contributed by atoms with E-state index in [1.807, 2.05) is 0 Å². The molecule has 4 atom stereocenters. The van der Waals surface area contributed by atoms with Crippen LogP contribution in [-0.4, -0.2) is 50.7 Å². The predicted molar refractivity (Wildman–Crippen MR) is 142 cm³/mol. The summed E-state index contributed by atoms with van der Waals surface area (Å²) >= 11 is 0. The van der Waals surface area contributed by atoms with Crippen molar-refractivity contribution in [3.05, 3.63) is 44.8 Å². The normalized spacial score (nSPS) is 21.6. The van der Waals surface area contributed by atoms with E-state index in [4.69, 9.17) is 9.47 Å². The van der Waals surface area contributed by atoms with Crippen LogP contribution in [0.15, 0.2) is 27.9 Å². The number of carbonyl (C=O) groups excluding carboxylic acids is 1. The second-order valence-corrected chi connectivity index (χ2v) is 10.0. The lowest BCUT2D eigenvalue weighted by Gasteiger charge is -2.17. The van der Waals surface area contributed by atoms with Gasteiger partial charge in [-0.05, 0) is 39.0 Å². The van der Waals surface area contributed by atoms with Crippen LogP contribution in [0.1, 0.15) is 109 Å². The fourth-order valence-corrected chi connectivity index (χ4v) is 4.46. The lowest BCUT2D eigenvalue weighted by molar-refractivity contribution is -0.150. The number of hydrogen-bond acceptors (Lipinski definition) is 7. The number of aliphatic hydroxyl groups excluding tert-OH is 2. The van der Waals surface area contributed by atoms with Crippen LogP contribution in [0.2, 0.25) is 0 Å². The number of aryl methyl sites for hydroxylation is 1. The number of nitrogens with zero attached hydrogens (tertiary/aromatic N) is 1. The molecule has 0 aromatic carbocycles. The van der Waals surface area contributed by atoms with E-state index in [-0.39, 0.29) is 24.6 Å². The molecule has 9 nitrogen and oxygen atoms in total. The second-order valence-electron chi connectivity index (χ2n) is 10.0. The van der Waals surface area contributed by atoms with E-state index in [1.165, 1.54) is 58.1 Å². The molecule has 210 valence electrons. The minimum Gasteiger partial charge on any atom is -0.463 e. The molecule has 0 aliphatic carbocycles. The third kappa shape index (κ3) is 11.0. The van der Waals surface area contributed by atoms with Gasteiger partial charge >= 0.3 is 11.7 Å². The fourth-order valence-electron chi connectivity index (χ4n) is 4.46. The topological polar surface area (TPSA) is 131 Å². The summed E-state index contributed by atoms with van der Waals surface area (Å²) in [6.45, 7) is 3.53. The molecule has 0 radical (unpaired) electrons. The smallest absolute Gasteiger partial charge is 0.330 e. The summed E-state index contributed by atoms with van der Waals surface area (Å²) in [6.07, 6.45) is 16.6. The molecular weight excluding hydrogens is 476 g/mol. The number of aliphatic hydroxyl groups is 2. The summed E-state index contributed by atoms with van der Waals surface area (Å²) in [5.41, 5.74) is -1.02. The van der Waals surface area contributed by atoms with Crippen LogP contribution in [0, 0.1) is 6.92 Å². The largest absolute Gasteiger partial charge is 0.463 e. The highest BCUT2D eigenvalue weighted by atomic mass is 16.6. The van der Waals surface area contributed by atoms with E-state index in [1.54, 1.807) is 0 Å². The van der Waals surface area contributed by atoms with Crippen LogP contribution < -0.4 is 11.2 Å². The lowest BCUT2D eigenvalue weighted by atomic mass is 10.1. The predicted octanol–water partition coefficient (Wildman–Crippen LogP) is 4.04. The number of esters is 1. The van der Waals surface area contributed by atoms with Crippen molar-refractivity contribution in [2.24, 2.45) is 0 Å². The first-order valence-corrected chi connectivity index (χ1v) is 14.0. The second kappa shape index (κ2) is 17.3. The van der Waals surface area contributed by atoms with Crippen molar-refractivity contribution in [1.82, 2.24) is 9.55 Å². The molecule has 0 saturated carbocycles. The number of carbonyl (C=O) groups is 1. The molecule has 37 heavy (non-hydrogen) atoms. The van der Waals surface area contributed by atoms with Gasteiger partial charge in [-0.3, -0.25) is 19.1 Å². The Morgan fingerprint density at radius 3 is 2.22 bits per heavy atom. The third-order valence-electron chi connectivity index (χ3n) is 6.81. The first-order valence-electron chi connectivity index (χ1n) is 14.0. The van der Waals surface area contributed by atoms with Gasteiger partial charge in [0, 0.05) is 18.2 Å². The maximum atomic E-state index is 12.1. The van der Waals surface area contributed by atoms with Crippen molar-refractivity contribution in [2.75, 3.05) is 6.61 Å². The Balaban J connectivity index is 1.53. The Morgan fingerprint density at radius 2 is 1.57 bits per heavy atom. The van der Waals surface area contributed by atoms with E-state index in [2.05, 4.69) is 24.1 Å². The molecule has 0 spiro atoms. The third-order valence-corrected chi connectivity index (χ3v) is 6.81. The Bertz CT molecular complexity index is 939. The van der Waals surface area contributed by atoms with Crippen LogP contribution in [-0.2, 0) is 14.3 Å². The van der Waals surface area contributed by atoms with Crippen molar-refractivity contribution in [2.45, 2.75) is 128 Å². The molecule has 1 aliphatic rings. The van der Waals surface area contributed by atoms with E-state index < -0.39 is 35.8 Å². The molecule has 1 saturated heterocycles. The molecule has 3 N–H and O–H groups in total. The SMILES string of the molecule is CCCCCCCC/C=C\CCCCCCCC(=O)OC[C@H]1O[C@@H](n2cc(C)c(=O)[nH]c2=O)[C@@H](O)[C@@H]1O. The Labute approximate surface area is 219 Å². The molecule has 1 aliphatic heterocycles. The molecule has 0 unspecified atom stereocenters. The van der Waals surface area contributed by atoms with Crippen LogP contribution >= 0.6 is 0 Å². The lowest BCUT2D eigenvalue weighted by Crippen LogP contribution is -2.38. The Kier molecular flexibility index (Phi) is 14.5. The van der Waals surface area contributed by atoms with E-state index in [0.717, 1.165) is 43.1 Å². The van der Waals surface area contributed by atoms with Gasteiger partial charge in [0.25, 0.3) is 5.56 Å². The first kappa shape index (κ1) is 31.0. The fraction of sp³-hybridized carbons (Fsp3) is 0.750. The minimum atomic E-state index is -1.41. The number of nitrogens with one attached hydrogen (secondary N) is 1. The van der Waals surface area contributed by atoms with Gasteiger partial charge < -0.3 is 19.7 Å². The van der Waals surface area contributed by atoms with Gasteiger partial charge in [0.1, 0.15) is 24.9 Å². The zero-order valence-corrected chi connectivity index (χ0v) is 22.5. The molecule has 1 aromatic heterocycles. The van der Waals surface area contributed by atoms with Crippen LogP contribution in [0.5, 0.6) is 0 Å². The number of aromatic amines is 1. The number of H-pyrrole nitrogens is 1. The maximum absolute atomic E-state index is 12.1. The molecule has 2 heterocycles. The molecule has 0 bridgehead atoms. The van der Waals surface area contributed by atoms with Crippen molar-refractivity contribution in [3.63, 3.8) is 0 Å². The number of unbranched alkanes of at least 4 members (excludes halogenated alkanes) is 11. The highest BCUT2D eigenvalue weighted by Gasteiger charge is 2.44. The summed E-state index contributed by atoms with van der Waals surface area (Å²) in [7, 11) is 0. The number of aromatic nitrogens is 2. The van der Waals surface area contributed by atoms with Gasteiger partial charge in [-0.25, -0.2) is 4.79 Å². The molecule has 2 rings (SSSR count). The van der Waals surface area contributed by atoms with E-state index >= 15 is 0 Å². The average molecular weight is 523 g/mol. The van der Waals surface area contributed by atoms with Crippen LogP contribution in [0.3, 0.4) is 0 Å². The van der Waals surface area contributed by atoms with Crippen LogP contribution in [0.25, 0.3) is 0 Å². The first-order chi connectivity index (χ1) is 17.8. The zero-order valence-electron chi connectivity index (χ0n) is 22.5. The van der Waals surface area contributed by atoms with Gasteiger partial charge in [0.2, 0.25) is 0 Å². The standard InChI is InChI=1S/C28H46N2O7/c1-3-4-5-6-7-8-9-10-11-12-13-14-15-16-17-18-23(31)36-20-22-24(32)25(33)27(37-22)30-19-21(2)26(34)29-28(30)35/h10-11,19,22,24-25,27,32-33H,3-9,12-18,20H2,1-2H3,(H,29,34,35)/b11-10-/t22-,24-,25+,27-/m1/s1. The van der Waals surface area contributed by atoms with Crippen LogP contribution in [0.4, 0.5) is 0 Å². The van der Waals surface area contributed by atoms with Crippen molar-refractivity contribution >= 4 is 5.97 Å². The highest BCUT2D eigenvalue weighted by molar-refractivity contribution is 5.69. The van der Waals surface area contributed by atoms with Crippen molar-refractivity contribution < 1.29 is 24.5 Å². The van der Waals surface area contributed by atoms with Gasteiger partial charge in [-0.1, -0.05) is 70.4 Å². The minimum absolute atomic E-state index is 0.226. The molecule has 1 fully saturated rings. The van der Waals surface area contributed by atoms with Crippen molar-refractivity contribution in [1.29, 1.82) is 0 Å². The van der Waals surface area contributed by atoms with Gasteiger partial charge in [-0.2, -0.15) is 0 Å². The zero-order chi connectivity index (χ0) is 27.0. The maximum Gasteiger partial charge on any atom is 0.330 e. The summed E-state index contributed by atoms with van der Waals surface area (Å²) in [5, 5.41) is 20.6.